The minimum absolute atomic E-state index is 0.193. The molecule has 1 saturated carbocycles. The number of ether oxygens (including phenoxy) is 2. The first-order valence-electron chi connectivity index (χ1n) is 12.1. The Morgan fingerprint density at radius 3 is 2.57 bits per heavy atom. The average Bonchev–Trinajstić information content (AvgIpc) is 3.64. The third-order valence-corrected chi connectivity index (χ3v) is 6.73. The molecule has 0 bridgehead atoms. The number of nitrogens with one attached hydrogen (secondary N) is 1. The zero-order valence-electron chi connectivity index (χ0n) is 20.4. The summed E-state index contributed by atoms with van der Waals surface area (Å²) < 4.78 is 16.2. The van der Waals surface area contributed by atoms with Crippen molar-refractivity contribution in [1.82, 2.24) is 5.16 Å². The molecule has 0 radical (unpaired) electrons. The maximum Gasteiger partial charge on any atom is 0.337 e. The SMILES string of the molecule is COC(=O)c1ccc(NC(=O)CCCCCOCc2c(-c3c(Cl)cccc3Cl)noc2C2CC2)c(O)c1. The molecule has 37 heavy (non-hydrogen) atoms. The molecule has 4 rings (SSSR count). The van der Waals surface area contributed by atoms with Crippen molar-refractivity contribution in [2.24, 2.45) is 0 Å². The van der Waals surface area contributed by atoms with E-state index < -0.39 is 5.97 Å². The van der Waals surface area contributed by atoms with Gasteiger partial charge in [-0.3, -0.25) is 4.79 Å². The Bertz CT molecular complexity index is 1250. The van der Waals surface area contributed by atoms with E-state index in [-0.39, 0.29) is 22.9 Å². The number of esters is 1. The van der Waals surface area contributed by atoms with Crippen LogP contribution < -0.4 is 5.32 Å². The summed E-state index contributed by atoms with van der Waals surface area (Å²) in [6.07, 6.45) is 4.66. The highest BCUT2D eigenvalue weighted by molar-refractivity contribution is 6.39. The number of rotatable bonds is 12. The van der Waals surface area contributed by atoms with Gasteiger partial charge in [0, 0.05) is 30.1 Å². The van der Waals surface area contributed by atoms with Crippen LogP contribution in [0.2, 0.25) is 10.0 Å². The zero-order chi connectivity index (χ0) is 26.4. The molecule has 10 heteroatoms. The lowest BCUT2D eigenvalue weighted by atomic mass is 10.0. The Labute approximate surface area is 224 Å². The first-order chi connectivity index (χ1) is 17.9. The molecular weight excluding hydrogens is 519 g/mol. The molecule has 0 unspecified atom stereocenters. The summed E-state index contributed by atoms with van der Waals surface area (Å²) in [5.74, 6) is 0.219. The molecule has 1 aliphatic carbocycles. The second-order valence-electron chi connectivity index (χ2n) is 8.88. The molecule has 0 atom stereocenters. The first-order valence-corrected chi connectivity index (χ1v) is 12.9. The standard InChI is InChI=1S/C27H28Cl2N2O6/c1-35-27(34)17-11-12-21(22(32)14-17)30-23(33)8-3-2-4-13-36-15-18-25(31-37-26(18)16-9-10-16)24-19(28)6-5-7-20(24)29/h5-7,11-12,14,16,32H,2-4,8-10,13,15H2,1H3,(H,30,33). The van der Waals surface area contributed by atoms with E-state index in [9.17, 15) is 14.7 Å². The second-order valence-corrected chi connectivity index (χ2v) is 9.69. The first kappa shape index (κ1) is 27.0. The molecule has 1 amide bonds. The number of methoxy groups -OCH3 is 1. The lowest BCUT2D eigenvalue weighted by Gasteiger charge is -2.09. The average molecular weight is 547 g/mol. The van der Waals surface area contributed by atoms with Gasteiger partial charge in [0.15, 0.2) is 0 Å². The van der Waals surface area contributed by atoms with Gasteiger partial charge in [-0.2, -0.15) is 0 Å². The smallest absolute Gasteiger partial charge is 0.337 e. The van der Waals surface area contributed by atoms with Crippen molar-refractivity contribution in [2.45, 2.75) is 51.0 Å². The summed E-state index contributed by atoms with van der Waals surface area (Å²) in [4.78, 5) is 23.8. The molecule has 2 aromatic carbocycles. The van der Waals surface area contributed by atoms with Gasteiger partial charge in [-0.1, -0.05) is 40.8 Å². The highest BCUT2D eigenvalue weighted by atomic mass is 35.5. The van der Waals surface area contributed by atoms with Gasteiger partial charge in [0.05, 0.1) is 35.0 Å². The van der Waals surface area contributed by atoms with Crippen molar-refractivity contribution in [1.29, 1.82) is 0 Å². The summed E-state index contributed by atoms with van der Waals surface area (Å²) in [6, 6.07) is 9.54. The predicted molar refractivity (Wildman–Crippen MR) is 140 cm³/mol. The topological polar surface area (TPSA) is 111 Å². The van der Waals surface area contributed by atoms with E-state index in [1.165, 1.54) is 25.3 Å². The van der Waals surface area contributed by atoms with Gasteiger partial charge >= 0.3 is 5.97 Å². The highest BCUT2D eigenvalue weighted by Gasteiger charge is 2.33. The Balaban J connectivity index is 1.22. The summed E-state index contributed by atoms with van der Waals surface area (Å²) in [5.41, 5.74) is 2.61. The fourth-order valence-corrected chi connectivity index (χ4v) is 4.56. The van der Waals surface area contributed by atoms with Gasteiger partial charge in [-0.25, -0.2) is 4.79 Å². The molecule has 0 saturated heterocycles. The Morgan fingerprint density at radius 1 is 1.14 bits per heavy atom. The van der Waals surface area contributed by atoms with Crippen LogP contribution in [-0.2, 0) is 20.9 Å². The lowest BCUT2D eigenvalue weighted by molar-refractivity contribution is -0.116. The normalized spacial score (nSPS) is 12.9. The number of carbonyl (C=O) groups excluding carboxylic acids is 2. The summed E-state index contributed by atoms with van der Waals surface area (Å²) in [7, 11) is 1.26. The third kappa shape index (κ3) is 6.83. The van der Waals surface area contributed by atoms with Crippen LogP contribution in [0, 0.1) is 0 Å². The molecule has 2 N–H and O–H groups in total. The Hall–Kier alpha value is -3.07. The number of aromatic hydroxyl groups is 1. The minimum Gasteiger partial charge on any atom is -0.506 e. The molecular formula is C27H28Cl2N2O6. The number of phenols is 1. The Kier molecular flexibility index (Phi) is 9.08. The van der Waals surface area contributed by atoms with Crippen LogP contribution in [-0.4, -0.2) is 35.9 Å². The monoisotopic (exact) mass is 546 g/mol. The van der Waals surface area contributed by atoms with Crippen LogP contribution in [0.1, 0.15) is 66.1 Å². The summed E-state index contributed by atoms with van der Waals surface area (Å²) in [5, 5.41) is 18.0. The summed E-state index contributed by atoms with van der Waals surface area (Å²) >= 11 is 12.8. The van der Waals surface area contributed by atoms with Crippen LogP contribution in [0.4, 0.5) is 5.69 Å². The van der Waals surface area contributed by atoms with E-state index in [1.54, 1.807) is 18.2 Å². The van der Waals surface area contributed by atoms with Crippen molar-refractivity contribution in [3.63, 3.8) is 0 Å². The molecule has 1 fully saturated rings. The predicted octanol–water partition coefficient (Wildman–Crippen LogP) is 6.73. The third-order valence-electron chi connectivity index (χ3n) is 6.10. The molecule has 1 heterocycles. The van der Waals surface area contributed by atoms with Gasteiger partial charge in [-0.15, -0.1) is 0 Å². The van der Waals surface area contributed by atoms with E-state index in [2.05, 4.69) is 15.2 Å². The molecule has 3 aromatic rings. The van der Waals surface area contributed by atoms with E-state index in [0.29, 0.717) is 53.3 Å². The minimum atomic E-state index is -0.563. The van der Waals surface area contributed by atoms with Gasteiger partial charge in [0.25, 0.3) is 0 Å². The van der Waals surface area contributed by atoms with Gasteiger partial charge < -0.3 is 24.4 Å². The number of nitrogens with zero attached hydrogens (tertiary/aromatic N) is 1. The molecule has 8 nitrogen and oxygen atoms in total. The van der Waals surface area contributed by atoms with Crippen molar-refractivity contribution in [3.8, 4) is 17.0 Å². The van der Waals surface area contributed by atoms with Crippen LogP contribution in [0.3, 0.4) is 0 Å². The van der Waals surface area contributed by atoms with Crippen LogP contribution in [0.15, 0.2) is 40.9 Å². The number of aromatic nitrogens is 1. The maximum absolute atomic E-state index is 12.2. The number of anilines is 1. The zero-order valence-corrected chi connectivity index (χ0v) is 21.9. The summed E-state index contributed by atoms with van der Waals surface area (Å²) in [6.45, 7) is 0.857. The molecule has 0 aliphatic heterocycles. The van der Waals surface area contributed by atoms with Gasteiger partial charge in [0.2, 0.25) is 5.91 Å². The van der Waals surface area contributed by atoms with E-state index >= 15 is 0 Å². The van der Waals surface area contributed by atoms with E-state index in [0.717, 1.165) is 37.0 Å². The Morgan fingerprint density at radius 2 is 1.89 bits per heavy atom. The number of halogens is 2. The van der Waals surface area contributed by atoms with Crippen molar-refractivity contribution in [3.05, 3.63) is 63.3 Å². The van der Waals surface area contributed by atoms with Gasteiger partial charge in [-0.05, 0) is 56.0 Å². The van der Waals surface area contributed by atoms with E-state index in [4.69, 9.17) is 32.5 Å². The fraction of sp³-hybridized carbons (Fsp3) is 0.370. The lowest BCUT2D eigenvalue weighted by Crippen LogP contribution is -2.12. The molecule has 0 spiro atoms. The maximum atomic E-state index is 12.2. The number of benzene rings is 2. The van der Waals surface area contributed by atoms with E-state index in [1.807, 2.05) is 0 Å². The van der Waals surface area contributed by atoms with Crippen molar-refractivity contribution >= 4 is 40.8 Å². The molecule has 1 aliphatic rings. The number of amides is 1. The number of hydrogen-bond donors (Lipinski definition) is 2. The fourth-order valence-electron chi connectivity index (χ4n) is 3.98. The highest BCUT2D eigenvalue weighted by Crippen LogP contribution is 2.46. The van der Waals surface area contributed by atoms with Crippen LogP contribution in [0.5, 0.6) is 5.75 Å². The van der Waals surface area contributed by atoms with Gasteiger partial charge in [0.1, 0.15) is 17.2 Å². The molecule has 196 valence electrons. The van der Waals surface area contributed by atoms with Crippen molar-refractivity contribution < 1.29 is 28.7 Å². The number of carbonyl (C=O) groups is 2. The van der Waals surface area contributed by atoms with Crippen molar-refractivity contribution in [2.75, 3.05) is 19.0 Å². The number of unbranched alkanes of at least 4 members (excludes halogenated alkanes) is 2. The number of hydrogen-bond acceptors (Lipinski definition) is 7. The molecule has 1 aromatic heterocycles. The quantitative estimate of drug-likeness (QED) is 0.147. The second kappa shape index (κ2) is 12.4. The van der Waals surface area contributed by atoms with Crippen LogP contribution >= 0.6 is 23.2 Å². The number of phenolic OH excluding ortho intramolecular Hbond substituents is 1. The largest absolute Gasteiger partial charge is 0.506 e. The van der Waals surface area contributed by atoms with Crippen LogP contribution in [0.25, 0.3) is 11.3 Å².